The SMILES string of the molecule is CC.CC.CC.CCCCCCCCOC(=O)CC.CCCCCCCCOC(=O)CC(COC(=O)CCCCCCCC)CC(=O)OCC1CCC(COC(=O)CC)N1[C-]=O.[CH2-]CC.[U+2]. The number of carbonyl (C=O) groups excluding carboxylic acids is 6. The second-order valence-electron chi connectivity index (χ2n) is 15.4. The fraction of sp³-hybridized carbons (Fsp3) is 0.868. The predicted octanol–water partition coefficient (Wildman–Crippen LogP) is 13.6. The molecule has 1 heterocycles. The van der Waals surface area contributed by atoms with Crippen LogP contribution in [0, 0.1) is 44.0 Å². The molecule has 390 valence electrons. The predicted molar refractivity (Wildman–Crippen MR) is 267 cm³/mol. The van der Waals surface area contributed by atoms with Gasteiger partial charge in [0.15, 0.2) is 0 Å². The molecule has 3 unspecified atom stereocenters. The molecule has 12 nitrogen and oxygen atoms in total. The molecule has 1 amide bonds. The molecule has 0 bridgehead atoms. The minimum atomic E-state index is -0.573. The van der Waals surface area contributed by atoms with Crippen LogP contribution < -0.4 is 0 Å². The van der Waals surface area contributed by atoms with E-state index in [2.05, 4.69) is 27.7 Å². The van der Waals surface area contributed by atoms with Gasteiger partial charge < -0.3 is 40.3 Å². The summed E-state index contributed by atoms with van der Waals surface area (Å²) in [5.74, 6) is -2.31. The van der Waals surface area contributed by atoms with E-state index in [1.807, 2.05) is 61.8 Å². The molecule has 66 heavy (non-hydrogen) atoms. The van der Waals surface area contributed by atoms with Crippen LogP contribution in [-0.2, 0) is 52.5 Å². The fourth-order valence-electron chi connectivity index (χ4n) is 6.27. The first-order chi connectivity index (χ1) is 31.6. The summed E-state index contributed by atoms with van der Waals surface area (Å²) in [4.78, 5) is 72.8. The van der Waals surface area contributed by atoms with Crippen molar-refractivity contribution in [1.82, 2.24) is 4.90 Å². The number of rotatable bonds is 34. The van der Waals surface area contributed by atoms with Crippen molar-refractivity contribution in [3.05, 3.63) is 6.92 Å². The number of hydrogen-bond donors (Lipinski definition) is 0. The van der Waals surface area contributed by atoms with Gasteiger partial charge in [-0.05, 0) is 32.1 Å². The molecular weight excluding hydrogens is 1060 g/mol. The van der Waals surface area contributed by atoms with Gasteiger partial charge in [-0.3, -0.25) is 24.0 Å². The molecule has 0 radical (unpaired) electrons. The van der Waals surface area contributed by atoms with Crippen molar-refractivity contribution >= 4 is 36.3 Å². The van der Waals surface area contributed by atoms with Crippen LogP contribution in [0.5, 0.6) is 0 Å². The van der Waals surface area contributed by atoms with Gasteiger partial charge >= 0.3 is 61.0 Å². The quantitative estimate of drug-likeness (QED) is 0.0262. The van der Waals surface area contributed by atoms with Crippen LogP contribution >= 0.6 is 0 Å². The first-order valence-electron chi connectivity index (χ1n) is 26.3. The Labute approximate surface area is 430 Å². The molecule has 0 aromatic rings. The molecular formula is C53H103NO11U. The number of carbonyl (C=O) groups is 5. The Balaban J connectivity index is -0.000000326. The van der Waals surface area contributed by atoms with Crippen LogP contribution in [0.25, 0.3) is 0 Å². The summed E-state index contributed by atoms with van der Waals surface area (Å²) in [6.07, 6.45) is 25.1. The topological polar surface area (TPSA) is 152 Å². The average molecular weight is 1170 g/mol. The second-order valence-corrected chi connectivity index (χ2v) is 15.4. The molecule has 0 aliphatic carbocycles. The molecule has 1 saturated heterocycles. The van der Waals surface area contributed by atoms with E-state index in [9.17, 15) is 28.8 Å². The van der Waals surface area contributed by atoms with Gasteiger partial charge in [0.2, 0.25) is 0 Å². The molecule has 0 N–H and O–H groups in total. The zero-order valence-corrected chi connectivity index (χ0v) is 49.0. The van der Waals surface area contributed by atoms with Crippen LogP contribution in [0.15, 0.2) is 0 Å². The van der Waals surface area contributed by atoms with Gasteiger partial charge in [-0.25, -0.2) is 0 Å². The zero-order valence-electron chi connectivity index (χ0n) is 44.8. The summed E-state index contributed by atoms with van der Waals surface area (Å²) < 4.78 is 26.4. The molecule has 1 aliphatic heterocycles. The van der Waals surface area contributed by atoms with Crippen molar-refractivity contribution in [2.45, 2.75) is 262 Å². The second kappa shape index (κ2) is 62.9. The Morgan fingerprint density at radius 1 is 0.500 bits per heavy atom. The summed E-state index contributed by atoms with van der Waals surface area (Å²) >= 11 is 0. The standard InChI is InChI=1S/C33H56NO9.C11H22O2.C3H7.3C2H6.U/c1-4-7-9-11-13-15-17-31(37)41-23-27(21-32(38)40-20-16-14-12-10-8-5-2)22-33(39)43-25-29-19-18-28(34(29)26-35)24-42-30(36)6-3;1-3-5-6-7-8-9-10-13-11(12)4-2;1-3-2;3*1-2;/h27-29H,4-25H2,1-3H3;3-10H2,1-2H3;1,3H2,2H3;3*1-2H3;/q-1;;-1;;;;+2. The normalized spacial score (nSPS) is 13.5. The summed E-state index contributed by atoms with van der Waals surface area (Å²) in [6.45, 7) is 28.5. The molecule has 1 fully saturated rings. The van der Waals surface area contributed by atoms with Crippen LogP contribution in [0.4, 0.5) is 0 Å². The number of likely N-dealkylation sites (tertiary alicyclic amines) is 1. The first-order valence-corrected chi connectivity index (χ1v) is 26.3. The van der Waals surface area contributed by atoms with Gasteiger partial charge in [-0.15, -0.1) is 0 Å². The summed E-state index contributed by atoms with van der Waals surface area (Å²) in [7, 11) is 0. The van der Waals surface area contributed by atoms with Gasteiger partial charge in [0.25, 0.3) is 0 Å². The number of nitrogens with zero attached hydrogens (tertiary/aromatic N) is 1. The van der Waals surface area contributed by atoms with E-state index in [0.717, 1.165) is 57.8 Å². The number of amides is 1. The van der Waals surface area contributed by atoms with Crippen molar-refractivity contribution in [3.63, 3.8) is 0 Å². The van der Waals surface area contributed by atoms with E-state index in [1.54, 1.807) is 6.92 Å². The van der Waals surface area contributed by atoms with E-state index >= 15 is 0 Å². The van der Waals surface area contributed by atoms with E-state index in [-0.39, 0.29) is 100 Å². The number of esters is 5. The van der Waals surface area contributed by atoms with Crippen LogP contribution in [0.2, 0.25) is 0 Å². The van der Waals surface area contributed by atoms with E-state index < -0.39 is 17.9 Å². The van der Waals surface area contributed by atoms with Crippen molar-refractivity contribution in [2.24, 2.45) is 5.92 Å². The Morgan fingerprint density at radius 3 is 1.23 bits per heavy atom. The number of hydrogen-bond acceptors (Lipinski definition) is 11. The van der Waals surface area contributed by atoms with Crippen LogP contribution in [-0.4, -0.2) is 86.3 Å². The Hall–Kier alpha value is -2.13. The third kappa shape index (κ3) is 52.8. The van der Waals surface area contributed by atoms with Gasteiger partial charge in [0.05, 0.1) is 32.7 Å². The maximum atomic E-state index is 12.7. The maximum Gasteiger partial charge on any atom is 2.00 e. The van der Waals surface area contributed by atoms with E-state index in [4.69, 9.17) is 23.7 Å². The number of unbranched alkanes of at least 4 members (excludes halogenated alkanes) is 15. The molecule has 1 rings (SSSR count). The molecule has 0 aromatic carbocycles. The van der Waals surface area contributed by atoms with Crippen LogP contribution in [0.3, 0.4) is 0 Å². The van der Waals surface area contributed by atoms with Crippen molar-refractivity contribution in [2.75, 3.05) is 33.0 Å². The average Bonchev–Trinajstić information content (AvgIpc) is 3.73. The van der Waals surface area contributed by atoms with Gasteiger partial charge in [-0.2, -0.15) is 12.8 Å². The fourth-order valence-corrected chi connectivity index (χ4v) is 6.27. The Morgan fingerprint density at radius 2 is 0.833 bits per heavy atom. The summed E-state index contributed by atoms with van der Waals surface area (Å²) in [6, 6.07) is -0.681. The molecule has 3 atom stereocenters. The Bertz CT molecular complexity index is 1060. The summed E-state index contributed by atoms with van der Waals surface area (Å²) in [5, 5.41) is 0. The molecule has 0 saturated carbocycles. The van der Waals surface area contributed by atoms with Crippen molar-refractivity contribution < 1.29 is 83.6 Å². The molecule has 0 spiro atoms. The van der Waals surface area contributed by atoms with Gasteiger partial charge in [0.1, 0.15) is 13.2 Å². The monoisotopic (exact) mass is 1170 g/mol. The smallest absolute Gasteiger partial charge is 0.520 e. The molecule has 1 aliphatic rings. The van der Waals surface area contributed by atoms with Crippen LogP contribution in [0.1, 0.15) is 250 Å². The third-order valence-electron chi connectivity index (χ3n) is 9.82. The minimum Gasteiger partial charge on any atom is -0.520 e. The van der Waals surface area contributed by atoms with Gasteiger partial charge in [-0.1, -0.05) is 179 Å². The minimum absolute atomic E-state index is 0. The molecule has 13 heteroatoms. The summed E-state index contributed by atoms with van der Waals surface area (Å²) in [5.41, 5.74) is 0. The first kappa shape index (κ1) is 75.4. The maximum absolute atomic E-state index is 12.7. The molecule has 0 aromatic heterocycles. The van der Waals surface area contributed by atoms with E-state index in [1.165, 1.54) is 69.1 Å². The number of ether oxygens (including phenoxy) is 5. The van der Waals surface area contributed by atoms with E-state index in [0.29, 0.717) is 38.9 Å². The zero-order chi connectivity index (χ0) is 50.4. The van der Waals surface area contributed by atoms with Crippen molar-refractivity contribution in [3.8, 4) is 0 Å². The largest absolute Gasteiger partial charge is 2.00 e. The third-order valence-corrected chi connectivity index (χ3v) is 9.82. The van der Waals surface area contributed by atoms with Crippen molar-refractivity contribution in [1.29, 1.82) is 0 Å². The Kier molecular flexibility index (Phi) is 71.8. The van der Waals surface area contributed by atoms with Gasteiger partial charge in [0, 0.05) is 37.3 Å².